The smallest absolute Gasteiger partial charge is 0.227 e. The molecule has 8 nitrogen and oxygen atoms in total. The summed E-state index contributed by atoms with van der Waals surface area (Å²) in [4.78, 5) is 11.6. The highest BCUT2D eigenvalue weighted by Gasteiger charge is 2.20. The molecule has 0 bridgehead atoms. The summed E-state index contributed by atoms with van der Waals surface area (Å²) in [6, 6.07) is 8.70. The van der Waals surface area contributed by atoms with Crippen molar-refractivity contribution >= 4 is 11.6 Å². The first-order valence-corrected chi connectivity index (χ1v) is 11.7. The zero-order chi connectivity index (χ0) is 24.3. The monoisotopic (exact) mass is 459 g/mol. The number of aromatic nitrogens is 4. The molecule has 4 rings (SSSR count). The summed E-state index contributed by atoms with van der Waals surface area (Å²) in [5.74, 6) is 1.32. The summed E-state index contributed by atoms with van der Waals surface area (Å²) >= 11 is 0. The summed E-state index contributed by atoms with van der Waals surface area (Å²) < 4.78 is 7.95. The topological polar surface area (TPSA) is 91.9 Å². The first-order valence-electron chi connectivity index (χ1n) is 11.7. The lowest BCUT2D eigenvalue weighted by molar-refractivity contribution is 0.212. The third kappa shape index (κ3) is 5.54. The maximum Gasteiger partial charge on any atom is 0.227 e. The SMILES string of the molecule is Cc1cc(-c2nc(Nc3cnn(C4CCN(C)CC4)c3)ncc2C)ccc1OCC(C)(C)C#N. The highest BCUT2D eigenvalue weighted by Crippen LogP contribution is 2.29. The van der Waals surface area contributed by atoms with Gasteiger partial charge in [-0.1, -0.05) is 0 Å². The molecule has 3 heterocycles. The molecule has 0 unspecified atom stereocenters. The molecule has 1 aromatic carbocycles. The van der Waals surface area contributed by atoms with Crippen LogP contribution in [0.15, 0.2) is 36.8 Å². The number of ether oxygens (including phenoxy) is 1. The molecule has 0 aliphatic carbocycles. The molecule has 178 valence electrons. The first-order chi connectivity index (χ1) is 16.2. The van der Waals surface area contributed by atoms with Crippen molar-refractivity contribution in [3.8, 4) is 23.1 Å². The van der Waals surface area contributed by atoms with Crippen LogP contribution in [0.2, 0.25) is 0 Å². The van der Waals surface area contributed by atoms with Crippen LogP contribution in [0.3, 0.4) is 0 Å². The third-order valence-electron chi connectivity index (χ3n) is 6.23. The van der Waals surface area contributed by atoms with Crippen molar-refractivity contribution < 1.29 is 4.74 Å². The van der Waals surface area contributed by atoms with Crippen molar-refractivity contribution in [1.82, 2.24) is 24.6 Å². The highest BCUT2D eigenvalue weighted by molar-refractivity contribution is 5.66. The van der Waals surface area contributed by atoms with E-state index in [9.17, 15) is 5.26 Å². The Bertz CT molecular complexity index is 1190. The number of rotatable bonds is 7. The van der Waals surface area contributed by atoms with Crippen LogP contribution >= 0.6 is 0 Å². The standard InChI is InChI=1S/C26H33N7O/c1-18-12-20(6-7-23(18)34-17-26(3,4)16-27)24-19(2)13-28-25(31-24)30-21-14-29-33(15-21)22-8-10-32(5)11-9-22/h6-7,12-15,22H,8-11,17H2,1-5H3,(H,28,30,31). The molecule has 0 spiro atoms. The molecule has 0 saturated carbocycles. The lowest BCUT2D eigenvalue weighted by Gasteiger charge is -2.28. The fourth-order valence-corrected chi connectivity index (χ4v) is 4.03. The van der Waals surface area contributed by atoms with Crippen LogP contribution in [0.5, 0.6) is 5.75 Å². The van der Waals surface area contributed by atoms with Gasteiger partial charge < -0.3 is 15.0 Å². The highest BCUT2D eigenvalue weighted by atomic mass is 16.5. The van der Waals surface area contributed by atoms with Crippen LogP contribution in [0.25, 0.3) is 11.3 Å². The van der Waals surface area contributed by atoms with Crippen LogP contribution in [0.4, 0.5) is 11.6 Å². The van der Waals surface area contributed by atoms with Gasteiger partial charge in [0.25, 0.3) is 0 Å². The van der Waals surface area contributed by atoms with Gasteiger partial charge in [-0.25, -0.2) is 9.97 Å². The number of nitrogens with zero attached hydrogens (tertiary/aromatic N) is 6. The van der Waals surface area contributed by atoms with Crippen molar-refractivity contribution in [3.05, 3.63) is 47.9 Å². The number of piperidine rings is 1. The molecule has 2 aromatic heterocycles. The average molecular weight is 460 g/mol. The molecule has 0 atom stereocenters. The maximum absolute atomic E-state index is 9.22. The van der Waals surface area contributed by atoms with Gasteiger partial charge in [-0.15, -0.1) is 0 Å². The van der Waals surface area contributed by atoms with Gasteiger partial charge in [-0.2, -0.15) is 10.4 Å². The summed E-state index contributed by atoms with van der Waals surface area (Å²) in [6.45, 7) is 10.3. The third-order valence-corrected chi connectivity index (χ3v) is 6.23. The minimum atomic E-state index is -0.532. The zero-order valence-corrected chi connectivity index (χ0v) is 20.7. The number of likely N-dealkylation sites (tertiary alicyclic amines) is 1. The Balaban J connectivity index is 1.48. The molecule has 0 radical (unpaired) electrons. The Kier molecular flexibility index (Phi) is 6.85. The number of aryl methyl sites for hydroxylation is 2. The van der Waals surface area contributed by atoms with E-state index in [0.717, 1.165) is 59.8 Å². The van der Waals surface area contributed by atoms with E-state index in [4.69, 9.17) is 9.72 Å². The lowest BCUT2D eigenvalue weighted by Crippen LogP contribution is -2.31. The minimum absolute atomic E-state index is 0.343. The Morgan fingerprint density at radius 3 is 2.65 bits per heavy atom. The summed E-state index contributed by atoms with van der Waals surface area (Å²) in [6.07, 6.45) is 7.92. The molecule has 3 aromatic rings. The predicted octanol–water partition coefficient (Wildman–Crippen LogP) is 4.90. The predicted molar refractivity (Wildman–Crippen MR) is 133 cm³/mol. The number of hydrogen-bond donors (Lipinski definition) is 1. The van der Waals surface area contributed by atoms with E-state index in [1.54, 1.807) is 0 Å². The van der Waals surface area contributed by atoms with Crippen molar-refractivity contribution in [1.29, 1.82) is 5.26 Å². The second kappa shape index (κ2) is 9.82. The number of nitrogens with one attached hydrogen (secondary N) is 1. The quantitative estimate of drug-likeness (QED) is 0.537. The van der Waals surface area contributed by atoms with E-state index in [0.29, 0.717) is 18.6 Å². The molecule has 1 fully saturated rings. The summed E-state index contributed by atoms with van der Waals surface area (Å²) in [5, 5.41) is 17.1. The van der Waals surface area contributed by atoms with E-state index >= 15 is 0 Å². The van der Waals surface area contributed by atoms with Crippen LogP contribution in [0.1, 0.15) is 43.9 Å². The van der Waals surface area contributed by atoms with Gasteiger partial charge in [-0.3, -0.25) is 4.68 Å². The Hall–Kier alpha value is -3.44. The van der Waals surface area contributed by atoms with Gasteiger partial charge in [0.2, 0.25) is 5.95 Å². The zero-order valence-electron chi connectivity index (χ0n) is 20.7. The number of nitriles is 1. The van der Waals surface area contributed by atoms with Crippen molar-refractivity contribution in [2.45, 2.75) is 46.6 Å². The Morgan fingerprint density at radius 2 is 1.94 bits per heavy atom. The molecule has 1 saturated heterocycles. The molecular weight excluding hydrogens is 426 g/mol. The molecule has 34 heavy (non-hydrogen) atoms. The van der Waals surface area contributed by atoms with E-state index in [1.807, 2.05) is 58.4 Å². The van der Waals surface area contributed by atoms with Crippen LogP contribution in [0, 0.1) is 30.6 Å². The van der Waals surface area contributed by atoms with Gasteiger partial charge in [-0.05, 0) is 90.0 Å². The molecule has 1 aliphatic rings. The van der Waals surface area contributed by atoms with Crippen LogP contribution in [-0.4, -0.2) is 51.4 Å². The Labute approximate surface area is 201 Å². The van der Waals surface area contributed by atoms with Gasteiger partial charge in [0.15, 0.2) is 0 Å². The number of benzene rings is 1. The number of anilines is 2. The van der Waals surface area contributed by atoms with Crippen molar-refractivity contribution in [2.75, 3.05) is 32.1 Å². The van der Waals surface area contributed by atoms with Crippen molar-refractivity contribution in [3.63, 3.8) is 0 Å². The maximum atomic E-state index is 9.22. The van der Waals surface area contributed by atoms with Crippen LogP contribution in [-0.2, 0) is 0 Å². The average Bonchev–Trinajstić information content (AvgIpc) is 3.28. The fourth-order valence-electron chi connectivity index (χ4n) is 4.03. The second-order valence-electron chi connectivity index (χ2n) is 9.86. The minimum Gasteiger partial charge on any atom is -0.492 e. The normalized spacial score (nSPS) is 15.2. The molecular formula is C26H33N7O. The van der Waals surface area contributed by atoms with Gasteiger partial charge in [0.05, 0.1) is 35.1 Å². The van der Waals surface area contributed by atoms with Gasteiger partial charge in [0.1, 0.15) is 12.4 Å². The second-order valence-corrected chi connectivity index (χ2v) is 9.86. The van der Waals surface area contributed by atoms with E-state index < -0.39 is 5.41 Å². The molecule has 0 amide bonds. The largest absolute Gasteiger partial charge is 0.492 e. The van der Waals surface area contributed by atoms with E-state index in [2.05, 4.69) is 44.2 Å². The summed E-state index contributed by atoms with van der Waals surface area (Å²) in [5.41, 5.74) is 4.20. The summed E-state index contributed by atoms with van der Waals surface area (Å²) in [7, 11) is 2.16. The van der Waals surface area contributed by atoms with Crippen molar-refractivity contribution in [2.24, 2.45) is 5.41 Å². The van der Waals surface area contributed by atoms with Crippen LogP contribution < -0.4 is 10.1 Å². The fraction of sp³-hybridized carbons (Fsp3) is 0.462. The van der Waals surface area contributed by atoms with E-state index in [1.165, 1.54) is 0 Å². The molecule has 1 aliphatic heterocycles. The van der Waals surface area contributed by atoms with Gasteiger partial charge >= 0.3 is 0 Å². The first kappa shape index (κ1) is 23.7. The van der Waals surface area contributed by atoms with Gasteiger partial charge in [0, 0.05) is 18.0 Å². The number of hydrogen-bond acceptors (Lipinski definition) is 7. The molecule has 8 heteroatoms. The Morgan fingerprint density at radius 1 is 1.18 bits per heavy atom. The molecule has 1 N–H and O–H groups in total. The van der Waals surface area contributed by atoms with E-state index in [-0.39, 0.29) is 0 Å². The lowest BCUT2D eigenvalue weighted by atomic mass is 9.97.